The van der Waals surface area contributed by atoms with E-state index in [4.69, 9.17) is 22.7 Å². The number of anilines is 1. The second kappa shape index (κ2) is 6.37. The van der Waals surface area contributed by atoms with Gasteiger partial charge < -0.3 is 15.8 Å². The van der Waals surface area contributed by atoms with E-state index in [1.807, 2.05) is 30.3 Å². The zero-order chi connectivity index (χ0) is 14.7. The Hall–Kier alpha value is -1.72. The average Bonchev–Trinajstić information content (AvgIpc) is 2.53. The van der Waals surface area contributed by atoms with Gasteiger partial charge in [-0.15, -0.1) is 0 Å². The Morgan fingerprint density at radius 3 is 2.86 bits per heavy atom. The molecule has 0 bridgehead atoms. The van der Waals surface area contributed by atoms with Crippen LogP contribution in [0.2, 0.25) is 0 Å². The van der Waals surface area contributed by atoms with Crippen LogP contribution < -0.4 is 11.1 Å². The number of pyridine rings is 1. The molecule has 1 aromatic carbocycles. The number of benzene rings is 1. The van der Waals surface area contributed by atoms with Gasteiger partial charge in [-0.2, -0.15) is 0 Å². The molecule has 1 aliphatic rings. The normalized spacial score (nSPS) is 16.0. The van der Waals surface area contributed by atoms with Gasteiger partial charge in [0.2, 0.25) is 0 Å². The number of fused-ring (bicyclic) bond motifs is 1. The fourth-order valence-electron chi connectivity index (χ4n) is 2.63. The van der Waals surface area contributed by atoms with E-state index in [-0.39, 0.29) is 0 Å². The Kier molecular flexibility index (Phi) is 4.31. The van der Waals surface area contributed by atoms with Gasteiger partial charge in [0, 0.05) is 25.1 Å². The van der Waals surface area contributed by atoms with Crippen molar-refractivity contribution in [1.29, 1.82) is 0 Å². The first-order chi connectivity index (χ1) is 10.2. The lowest BCUT2D eigenvalue weighted by Crippen LogP contribution is -2.24. The van der Waals surface area contributed by atoms with Crippen molar-refractivity contribution in [2.75, 3.05) is 25.1 Å². The van der Waals surface area contributed by atoms with E-state index >= 15 is 0 Å². The number of nitrogens with two attached hydrogens (primary N) is 1. The molecule has 0 amide bonds. The molecule has 0 saturated carbocycles. The summed E-state index contributed by atoms with van der Waals surface area (Å²) in [6.45, 7) is 2.57. The van der Waals surface area contributed by atoms with Crippen molar-refractivity contribution in [3.63, 3.8) is 0 Å². The predicted molar refractivity (Wildman–Crippen MR) is 89.7 cm³/mol. The fourth-order valence-corrected chi connectivity index (χ4v) is 2.79. The molecule has 2 aromatic rings. The minimum Gasteiger partial charge on any atom is -0.389 e. The summed E-state index contributed by atoms with van der Waals surface area (Å²) >= 11 is 5.16. The van der Waals surface area contributed by atoms with E-state index in [0.717, 1.165) is 54.9 Å². The lowest BCUT2D eigenvalue weighted by Gasteiger charge is -2.23. The molecular weight excluding hydrogens is 282 g/mol. The van der Waals surface area contributed by atoms with Gasteiger partial charge in [-0.1, -0.05) is 30.4 Å². The van der Waals surface area contributed by atoms with Gasteiger partial charge in [0.25, 0.3) is 0 Å². The highest BCUT2D eigenvalue weighted by Crippen LogP contribution is 2.22. The molecule has 3 rings (SSSR count). The number of hydrogen-bond acceptors (Lipinski definition) is 4. The zero-order valence-corrected chi connectivity index (χ0v) is 12.7. The first-order valence-corrected chi connectivity index (χ1v) is 7.66. The summed E-state index contributed by atoms with van der Waals surface area (Å²) in [5.74, 6) is 1.40. The molecule has 2 heterocycles. The number of nitrogens with zero attached hydrogens (tertiary/aromatic N) is 1. The van der Waals surface area contributed by atoms with Crippen molar-refractivity contribution >= 4 is 33.9 Å². The van der Waals surface area contributed by atoms with Crippen molar-refractivity contribution in [2.24, 2.45) is 11.7 Å². The summed E-state index contributed by atoms with van der Waals surface area (Å²) in [4.78, 5) is 5.05. The summed E-state index contributed by atoms with van der Waals surface area (Å²) < 4.78 is 5.39. The maximum absolute atomic E-state index is 5.85. The number of rotatable bonds is 4. The Labute approximate surface area is 129 Å². The molecule has 1 fully saturated rings. The summed E-state index contributed by atoms with van der Waals surface area (Å²) in [5.41, 5.74) is 7.61. The number of hydrogen-bond donors (Lipinski definition) is 2. The minimum atomic E-state index is 0.378. The number of para-hydroxylation sites is 1. The summed E-state index contributed by atoms with van der Waals surface area (Å²) in [6.07, 6.45) is 2.17. The van der Waals surface area contributed by atoms with E-state index in [9.17, 15) is 0 Å². The third kappa shape index (κ3) is 3.31. The number of nitrogens with one attached hydrogen (secondary N) is 1. The molecule has 3 N–H and O–H groups in total. The lowest BCUT2D eigenvalue weighted by atomic mass is 10.0. The van der Waals surface area contributed by atoms with E-state index in [1.54, 1.807) is 0 Å². The van der Waals surface area contributed by atoms with E-state index in [2.05, 4.69) is 10.3 Å². The fraction of sp³-hybridized carbons (Fsp3) is 0.375. The Morgan fingerprint density at radius 2 is 2.10 bits per heavy atom. The highest BCUT2D eigenvalue weighted by Gasteiger charge is 2.15. The molecule has 4 nitrogen and oxygen atoms in total. The molecule has 1 aromatic heterocycles. The Morgan fingerprint density at radius 1 is 1.33 bits per heavy atom. The first kappa shape index (κ1) is 14.2. The van der Waals surface area contributed by atoms with Crippen molar-refractivity contribution in [3.05, 3.63) is 35.9 Å². The van der Waals surface area contributed by atoms with Gasteiger partial charge in [-0.3, -0.25) is 0 Å². The predicted octanol–water partition coefficient (Wildman–Crippen LogP) is 2.71. The third-order valence-electron chi connectivity index (χ3n) is 3.89. The third-order valence-corrected chi connectivity index (χ3v) is 4.11. The second-order valence-electron chi connectivity index (χ2n) is 5.38. The maximum Gasteiger partial charge on any atom is 0.136 e. The molecule has 110 valence electrons. The summed E-state index contributed by atoms with van der Waals surface area (Å²) in [6, 6.07) is 10.0. The number of thiocarbonyl (C=S) groups is 1. The van der Waals surface area contributed by atoms with Crippen molar-refractivity contribution in [3.8, 4) is 0 Å². The van der Waals surface area contributed by atoms with E-state index in [0.29, 0.717) is 10.9 Å². The van der Waals surface area contributed by atoms with Crippen LogP contribution in [0.4, 0.5) is 5.82 Å². The SMILES string of the molecule is NC(=S)c1cc2ccccc2nc1NCC1CCOCC1. The average molecular weight is 301 g/mol. The molecule has 21 heavy (non-hydrogen) atoms. The monoisotopic (exact) mass is 301 g/mol. The summed E-state index contributed by atoms with van der Waals surface area (Å²) in [5, 5.41) is 4.47. The van der Waals surface area contributed by atoms with Gasteiger partial charge in [0.1, 0.15) is 10.8 Å². The van der Waals surface area contributed by atoms with Crippen LogP contribution in [0.1, 0.15) is 18.4 Å². The van der Waals surface area contributed by atoms with E-state index in [1.165, 1.54) is 0 Å². The van der Waals surface area contributed by atoms with Crippen LogP contribution in [0.25, 0.3) is 10.9 Å². The van der Waals surface area contributed by atoms with Crippen LogP contribution in [0.3, 0.4) is 0 Å². The topological polar surface area (TPSA) is 60.2 Å². The van der Waals surface area contributed by atoms with Crippen LogP contribution in [0.15, 0.2) is 30.3 Å². The van der Waals surface area contributed by atoms with Crippen LogP contribution in [0.5, 0.6) is 0 Å². The van der Waals surface area contributed by atoms with Crippen LogP contribution >= 0.6 is 12.2 Å². The Balaban J connectivity index is 1.84. The molecule has 0 aliphatic carbocycles. The molecule has 5 heteroatoms. The molecule has 0 unspecified atom stereocenters. The first-order valence-electron chi connectivity index (χ1n) is 7.25. The Bertz CT molecular complexity index is 653. The van der Waals surface area contributed by atoms with Gasteiger partial charge in [-0.05, 0) is 30.9 Å². The van der Waals surface area contributed by atoms with Gasteiger partial charge in [0.05, 0.1) is 11.1 Å². The minimum absolute atomic E-state index is 0.378. The van der Waals surface area contributed by atoms with E-state index < -0.39 is 0 Å². The van der Waals surface area contributed by atoms with Crippen molar-refractivity contribution in [2.45, 2.75) is 12.8 Å². The molecule has 0 radical (unpaired) electrons. The molecular formula is C16H19N3OS. The highest BCUT2D eigenvalue weighted by atomic mass is 32.1. The smallest absolute Gasteiger partial charge is 0.136 e. The van der Waals surface area contributed by atoms with Gasteiger partial charge in [0.15, 0.2) is 0 Å². The summed E-state index contributed by atoms with van der Waals surface area (Å²) in [7, 11) is 0. The van der Waals surface area contributed by atoms with Crippen molar-refractivity contribution < 1.29 is 4.74 Å². The van der Waals surface area contributed by atoms with Gasteiger partial charge >= 0.3 is 0 Å². The largest absolute Gasteiger partial charge is 0.389 e. The quantitative estimate of drug-likeness (QED) is 0.850. The second-order valence-corrected chi connectivity index (χ2v) is 5.82. The maximum atomic E-state index is 5.85. The lowest BCUT2D eigenvalue weighted by molar-refractivity contribution is 0.0699. The molecule has 1 aliphatic heterocycles. The standard InChI is InChI=1S/C16H19N3OS/c17-15(21)13-9-12-3-1-2-4-14(12)19-16(13)18-10-11-5-7-20-8-6-11/h1-4,9,11H,5-8,10H2,(H2,17,21)(H,18,19). The van der Waals surface area contributed by atoms with Crippen LogP contribution in [0, 0.1) is 5.92 Å². The number of ether oxygens (including phenoxy) is 1. The van der Waals surface area contributed by atoms with Crippen LogP contribution in [-0.4, -0.2) is 29.7 Å². The highest BCUT2D eigenvalue weighted by molar-refractivity contribution is 7.80. The molecule has 0 spiro atoms. The molecule has 1 saturated heterocycles. The van der Waals surface area contributed by atoms with Gasteiger partial charge in [-0.25, -0.2) is 4.98 Å². The molecule has 0 atom stereocenters. The number of aromatic nitrogens is 1. The zero-order valence-electron chi connectivity index (χ0n) is 11.8. The van der Waals surface area contributed by atoms with Crippen molar-refractivity contribution in [1.82, 2.24) is 4.98 Å². The van der Waals surface area contributed by atoms with Crippen LogP contribution in [-0.2, 0) is 4.74 Å².